The highest BCUT2D eigenvalue weighted by atomic mass is 16.6. The summed E-state index contributed by atoms with van der Waals surface area (Å²) in [5.41, 5.74) is 5.42. The second-order valence-corrected chi connectivity index (χ2v) is 4.94. The quantitative estimate of drug-likeness (QED) is 0.510. The molecule has 1 aromatic heterocycles. The van der Waals surface area contributed by atoms with E-state index in [1.54, 1.807) is 0 Å². The molecule has 1 aliphatic carbocycles. The van der Waals surface area contributed by atoms with Crippen LogP contribution in [0.5, 0.6) is 0 Å². The number of anilines is 2. The lowest BCUT2D eigenvalue weighted by atomic mass is 10.1. The first kappa shape index (κ1) is 13.5. The molecule has 1 heterocycles. The summed E-state index contributed by atoms with van der Waals surface area (Å²) in [6.07, 6.45) is 8.14. The maximum absolute atomic E-state index is 11.1. The largest absolute Gasteiger partial charge is 0.378 e. The van der Waals surface area contributed by atoms with Crippen LogP contribution in [0.2, 0.25) is 0 Å². The molecule has 0 bridgehead atoms. The van der Waals surface area contributed by atoms with Gasteiger partial charge in [-0.05, 0) is 12.8 Å². The Hall–Kier alpha value is -1.92. The Morgan fingerprint density at radius 1 is 1.32 bits per heavy atom. The molecule has 2 rings (SSSR count). The summed E-state index contributed by atoms with van der Waals surface area (Å²) in [6.45, 7) is 0. The van der Waals surface area contributed by atoms with Crippen LogP contribution in [-0.4, -0.2) is 28.0 Å². The second kappa shape index (κ2) is 5.81. The predicted molar refractivity (Wildman–Crippen MR) is 73.0 cm³/mol. The summed E-state index contributed by atoms with van der Waals surface area (Å²) in [7, 11) is 1.85. The van der Waals surface area contributed by atoms with Gasteiger partial charge in [0.1, 0.15) is 6.33 Å². The first-order valence-corrected chi connectivity index (χ1v) is 6.59. The van der Waals surface area contributed by atoms with Gasteiger partial charge in [0.05, 0.1) is 4.92 Å². The van der Waals surface area contributed by atoms with E-state index in [1.807, 2.05) is 11.9 Å². The van der Waals surface area contributed by atoms with Crippen molar-refractivity contribution in [2.24, 2.45) is 0 Å². The SMILES string of the molecule is CN(c1ncnc(N)c1[N+](=O)[O-])C1CCCCCC1. The Labute approximate surface area is 112 Å². The molecule has 104 valence electrons. The minimum atomic E-state index is -0.502. The first-order valence-electron chi connectivity index (χ1n) is 6.59. The van der Waals surface area contributed by atoms with E-state index in [0.29, 0.717) is 5.82 Å². The molecular weight excluding hydrogens is 246 g/mol. The van der Waals surface area contributed by atoms with E-state index in [0.717, 1.165) is 25.7 Å². The third-order valence-corrected chi connectivity index (χ3v) is 3.72. The maximum atomic E-state index is 11.1. The number of nitrogen functional groups attached to an aromatic ring is 1. The highest BCUT2D eigenvalue weighted by Gasteiger charge is 2.27. The number of aromatic nitrogens is 2. The zero-order valence-corrected chi connectivity index (χ0v) is 11.1. The first-order chi connectivity index (χ1) is 9.11. The van der Waals surface area contributed by atoms with Crippen molar-refractivity contribution in [2.45, 2.75) is 44.6 Å². The molecule has 0 unspecified atom stereocenters. The van der Waals surface area contributed by atoms with Crippen molar-refractivity contribution >= 4 is 17.3 Å². The van der Waals surface area contributed by atoms with Crippen molar-refractivity contribution in [1.29, 1.82) is 0 Å². The number of hydrogen-bond acceptors (Lipinski definition) is 6. The molecule has 1 aliphatic rings. The van der Waals surface area contributed by atoms with E-state index in [9.17, 15) is 10.1 Å². The van der Waals surface area contributed by atoms with Gasteiger partial charge >= 0.3 is 5.69 Å². The van der Waals surface area contributed by atoms with Gasteiger partial charge in [0.15, 0.2) is 0 Å². The topological polar surface area (TPSA) is 98.2 Å². The number of nitrogens with two attached hydrogens (primary N) is 1. The third-order valence-electron chi connectivity index (χ3n) is 3.72. The minimum Gasteiger partial charge on any atom is -0.378 e. The predicted octanol–water partition coefficient (Wildman–Crippen LogP) is 2.13. The molecule has 0 amide bonds. The molecule has 0 aliphatic heterocycles. The molecule has 2 N–H and O–H groups in total. The summed E-state index contributed by atoms with van der Waals surface area (Å²) < 4.78 is 0. The van der Waals surface area contributed by atoms with Gasteiger partial charge in [0.2, 0.25) is 11.6 Å². The lowest BCUT2D eigenvalue weighted by molar-refractivity contribution is -0.383. The molecule has 0 radical (unpaired) electrons. The highest BCUT2D eigenvalue weighted by Crippen LogP contribution is 2.32. The Balaban J connectivity index is 2.29. The standard InChI is InChI=1S/C12H19N5O2/c1-16(9-6-4-2-3-5-7-9)12-10(17(18)19)11(13)14-8-15-12/h8-9H,2-7H2,1H3,(H2,13,14,15). The molecule has 0 atom stereocenters. The fourth-order valence-electron chi connectivity index (χ4n) is 2.63. The third kappa shape index (κ3) is 2.91. The summed E-state index contributed by atoms with van der Waals surface area (Å²) >= 11 is 0. The van der Waals surface area contributed by atoms with E-state index < -0.39 is 4.92 Å². The van der Waals surface area contributed by atoms with Gasteiger partial charge < -0.3 is 10.6 Å². The van der Waals surface area contributed by atoms with Gasteiger partial charge in [-0.3, -0.25) is 10.1 Å². The van der Waals surface area contributed by atoms with Crippen LogP contribution in [0.3, 0.4) is 0 Å². The number of nitro groups is 1. The van der Waals surface area contributed by atoms with E-state index in [-0.39, 0.29) is 17.5 Å². The van der Waals surface area contributed by atoms with Crippen LogP contribution in [0.4, 0.5) is 17.3 Å². The molecule has 7 nitrogen and oxygen atoms in total. The number of rotatable bonds is 3. The summed E-state index contributed by atoms with van der Waals surface area (Å²) in [5, 5.41) is 11.1. The monoisotopic (exact) mass is 265 g/mol. The zero-order chi connectivity index (χ0) is 13.8. The van der Waals surface area contributed by atoms with Gasteiger partial charge in [0.25, 0.3) is 0 Å². The molecule has 0 aromatic carbocycles. The molecular formula is C12H19N5O2. The van der Waals surface area contributed by atoms with E-state index in [1.165, 1.54) is 19.2 Å². The van der Waals surface area contributed by atoms with E-state index in [4.69, 9.17) is 5.73 Å². The molecule has 19 heavy (non-hydrogen) atoms. The fourth-order valence-corrected chi connectivity index (χ4v) is 2.63. The average Bonchev–Trinajstić information content (AvgIpc) is 2.66. The second-order valence-electron chi connectivity index (χ2n) is 4.94. The van der Waals surface area contributed by atoms with Crippen molar-refractivity contribution in [1.82, 2.24) is 9.97 Å². The molecule has 0 spiro atoms. The van der Waals surface area contributed by atoms with Crippen molar-refractivity contribution in [2.75, 3.05) is 17.7 Å². The van der Waals surface area contributed by atoms with Crippen LogP contribution in [0, 0.1) is 10.1 Å². The van der Waals surface area contributed by atoms with Gasteiger partial charge in [-0.25, -0.2) is 9.97 Å². The number of hydrogen-bond donors (Lipinski definition) is 1. The van der Waals surface area contributed by atoms with Gasteiger partial charge in [-0.2, -0.15) is 0 Å². The molecule has 1 fully saturated rings. The van der Waals surface area contributed by atoms with Gasteiger partial charge in [-0.15, -0.1) is 0 Å². The van der Waals surface area contributed by atoms with Crippen LogP contribution in [0.25, 0.3) is 0 Å². The van der Waals surface area contributed by atoms with E-state index in [2.05, 4.69) is 9.97 Å². The van der Waals surface area contributed by atoms with Crippen molar-refractivity contribution in [3.63, 3.8) is 0 Å². The lowest BCUT2D eigenvalue weighted by Gasteiger charge is -2.27. The van der Waals surface area contributed by atoms with Crippen LogP contribution in [0.15, 0.2) is 6.33 Å². The molecule has 7 heteroatoms. The Kier molecular flexibility index (Phi) is 4.13. The van der Waals surface area contributed by atoms with Crippen LogP contribution < -0.4 is 10.6 Å². The summed E-state index contributed by atoms with van der Waals surface area (Å²) in [6, 6.07) is 0.287. The molecule has 1 saturated carbocycles. The lowest BCUT2D eigenvalue weighted by Crippen LogP contribution is -2.32. The number of nitrogens with zero attached hydrogens (tertiary/aromatic N) is 4. The van der Waals surface area contributed by atoms with Crippen molar-refractivity contribution < 1.29 is 4.92 Å². The molecule has 0 saturated heterocycles. The summed E-state index contributed by atoms with van der Waals surface area (Å²) in [5.74, 6) is 0.250. The van der Waals surface area contributed by atoms with Crippen molar-refractivity contribution in [3.8, 4) is 0 Å². The van der Waals surface area contributed by atoms with Crippen molar-refractivity contribution in [3.05, 3.63) is 16.4 Å². The molecule has 1 aromatic rings. The Morgan fingerprint density at radius 3 is 2.53 bits per heavy atom. The zero-order valence-electron chi connectivity index (χ0n) is 11.1. The van der Waals surface area contributed by atoms with Crippen LogP contribution in [0.1, 0.15) is 38.5 Å². The maximum Gasteiger partial charge on any atom is 0.353 e. The van der Waals surface area contributed by atoms with E-state index >= 15 is 0 Å². The normalized spacial score (nSPS) is 16.9. The van der Waals surface area contributed by atoms with Gasteiger partial charge in [0, 0.05) is 13.1 Å². The summed E-state index contributed by atoms with van der Waals surface area (Å²) in [4.78, 5) is 20.3. The van der Waals surface area contributed by atoms with Crippen LogP contribution >= 0.6 is 0 Å². The Morgan fingerprint density at radius 2 is 1.95 bits per heavy atom. The average molecular weight is 265 g/mol. The smallest absolute Gasteiger partial charge is 0.353 e. The van der Waals surface area contributed by atoms with Crippen LogP contribution in [-0.2, 0) is 0 Å². The Bertz CT molecular complexity index is 457. The minimum absolute atomic E-state index is 0.0736. The fraction of sp³-hybridized carbons (Fsp3) is 0.667. The highest BCUT2D eigenvalue weighted by molar-refractivity contribution is 5.68. The van der Waals surface area contributed by atoms with Gasteiger partial charge in [-0.1, -0.05) is 25.7 Å².